The lowest BCUT2D eigenvalue weighted by atomic mass is 9.92. The van der Waals surface area contributed by atoms with Crippen LogP contribution in [0.5, 0.6) is 0 Å². The highest BCUT2D eigenvalue weighted by atomic mass is 32.2. The first-order chi connectivity index (χ1) is 21.2. The van der Waals surface area contributed by atoms with Crippen molar-refractivity contribution >= 4 is 35.3 Å². The van der Waals surface area contributed by atoms with Gasteiger partial charge in [-0.2, -0.15) is 13.2 Å². The summed E-state index contributed by atoms with van der Waals surface area (Å²) in [6.07, 6.45) is 2.02. The highest BCUT2D eigenvalue weighted by molar-refractivity contribution is 8.04. The van der Waals surface area contributed by atoms with Crippen LogP contribution < -0.4 is 4.90 Å². The number of rotatable bonds is 5. The third-order valence-corrected chi connectivity index (χ3v) is 10.4. The second-order valence-corrected chi connectivity index (χ2v) is 13.1. The highest BCUT2D eigenvalue weighted by Gasteiger charge is 2.40. The first-order valence-electron chi connectivity index (χ1n) is 15.2. The van der Waals surface area contributed by atoms with Crippen molar-refractivity contribution in [2.75, 3.05) is 31.1 Å². The van der Waals surface area contributed by atoms with E-state index in [0.717, 1.165) is 41.9 Å². The van der Waals surface area contributed by atoms with Crippen LogP contribution in [0, 0.1) is 6.92 Å². The standard InChI is InChI=1S/C35H36F3N3O2S/c1-24-7-2-3-8-27(24)23-41-30-11-4-5-12-31(30)44-32(34(41)43)21-25-13-15-26(16-14-25)33(42)40-19-17-39(18-20-40)29-10-6-9-28(22-29)35(36,37)38/h2-3,6-10,13-16,21-22,30-31H,4-5,11-12,17-20,23H2,1H3/b32-21+. The normalized spacial score (nSPS) is 21.9. The molecule has 5 nitrogen and oxygen atoms in total. The SMILES string of the molecule is Cc1ccccc1CN1C(=O)/C(=C\c2ccc(C(=O)N3CCN(c4cccc(C(F)(F)F)c4)CC3)cc2)SC2CCCCC21. The maximum Gasteiger partial charge on any atom is 0.416 e. The number of amides is 2. The van der Waals surface area contributed by atoms with E-state index in [1.54, 1.807) is 34.9 Å². The lowest BCUT2D eigenvalue weighted by molar-refractivity contribution is -0.137. The number of hydrogen-bond acceptors (Lipinski definition) is 4. The molecule has 2 aliphatic heterocycles. The van der Waals surface area contributed by atoms with Crippen LogP contribution in [0.15, 0.2) is 77.7 Å². The van der Waals surface area contributed by atoms with E-state index in [9.17, 15) is 22.8 Å². The number of carbonyl (C=O) groups excluding carboxylic acids is 2. The van der Waals surface area contributed by atoms with E-state index < -0.39 is 11.7 Å². The van der Waals surface area contributed by atoms with Crippen molar-refractivity contribution in [2.24, 2.45) is 0 Å². The van der Waals surface area contributed by atoms with Gasteiger partial charge < -0.3 is 14.7 Å². The Hall–Kier alpha value is -3.72. The van der Waals surface area contributed by atoms with Gasteiger partial charge in [-0.3, -0.25) is 9.59 Å². The van der Waals surface area contributed by atoms with E-state index in [4.69, 9.17) is 0 Å². The van der Waals surface area contributed by atoms with E-state index in [2.05, 4.69) is 24.0 Å². The van der Waals surface area contributed by atoms with E-state index in [1.165, 1.54) is 23.6 Å². The molecule has 6 rings (SSSR count). The topological polar surface area (TPSA) is 43.9 Å². The number of piperazine rings is 1. The molecule has 44 heavy (non-hydrogen) atoms. The Labute approximate surface area is 260 Å². The van der Waals surface area contributed by atoms with Gasteiger partial charge in [0.25, 0.3) is 11.8 Å². The predicted octanol–water partition coefficient (Wildman–Crippen LogP) is 7.40. The van der Waals surface area contributed by atoms with Gasteiger partial charge in [0.05, 0.1) is 10.5 Å². The molecule has 2 heterocycles. The smallest absolute Gasteiger partial charge is 0.368 e. The number of alkyl halides is 3. The largest absolute Gasteiger partial charge is 0.416 e. The second kappa shape index (κ2) is 12.7. The number of thioether (sulfide) groups is 1. The number of carbonyl (C=O) groups is 2. The number of benzene rings is 3. The summed E-state index contributed by atoms with van der Waals surface area (Å²) < 4.78 is 39.5. The van der Waals surface area contributed by atoms with Crippen molar-refractivity contribution in [1.82, 2.24) is 9.80 Å². The molecule has 3 fully saturated rings. The average molecular weight is 620 g/mol. The van der Waals surface area contributed by atoms with Crippen LogP contribution in [-0.2, 0) is 17.5 Å². The van der Waals surface area contributed by atoms with Crippen molar-refractivity contribution < 1.29 is 22.8 Å². The third-order valence-electron chi connectivity index (χ3n) is 8.98. The number of anilines is 1. The first kappa shape index (κ1) is 30.3. The van der Waals surface area contributed by atoms with Crippen molar-refractivity contribution in [1.29, 1.82) is 0 Å². The summed E-state index contributed by atoms with van der Waals surface area (Å²) in [6.45, 7) is 4.46. The molecular weight excluding hydrogens is 583 g/mol. The van der Waals surface area contributed by atoms with Gasteiger partial charge in [0, 0.05) is 55.3 Å². The van der Waals surface area contributed by atoms with Gasteiger partial charge in [-0.25, -0.2) is 0 Å². The molecule has 2 saturated heterocycles. The Morgan fingerprint density at radius 1 is 0.932 bits per heavy atom. The lowest BCUT2D eigenvalue weighted by Gasteiger charge is -2.44. The van der Waals surface area contributed by atoms with Crippen molar-refractivity contribution in [3.8, 4) is 0 Å². The van der Waals surface area contributed by atoms with Gasteiger partial charge in [-0.15, -0.1) is 11.8 Å². The summed E-state index contributed by atoms with van der Waals surface area (Å²) in [5, 5.41) is 0.382. The quantitative estimate of drug-likeness (QED) is 0.279. The summed E-state index contributed by atoms with van der Waals surface area (Å²) in [7, 11) is 0. The Morgan fingerprint density at radius 3 is 2.39 bits per heavy atom. The fourth-order valence-corrected chi connectivity index (χ4v) is 7.91. The number of fused-ring (bicyclic) bond motifs is 1. The van der Waals surface area contributed by atoms with Gasteiger partial charge in [-0.1, -0.05) is 55.3 Å². The maximum absolute atomic E-state index is 13.8. The van der Waals surface area contributed by atoms with E-state index in [0.29, 0.717) is 49.2 Å². The summed E-state index contributed by atoms with van der Waals surface area (Å²) in [6, 6.07) is 21.2. The zero-order chi connectivity index (χ0) is 30.8. The molecule has 0 aromatic heterocycles. The molecule has 2 atom stereocenters. The van der Waals surface area contributed by atoms with Crippen molar-refractivity contribution in [3.05, 3.63) is 106 Å². The molecule has 2 amide bonds. The minimum atomic E-state index is -4.39. The summed E-state index contributed by atoms with van der Waals surface area (Å²) in [4.78, 5) is 33.5. The summed E-state index contributed by atoms with van der Waals surface area (Å²) in [5.74, 6) is -0.0364. The number of halogens is 3. The highest BCUT2D eigenvalue weighted by Crippen LogP contribution is 2.43. The molecule has 230 valence electrons. The molecule has 0 N–H and O–H groups in total. The Morgan fingerprint density at radius 2 is 1.66 bits per heavy atom. The van der Waals surface area contributed by atoms with Crippen LogP contribution in [0.2, 0.25) is 0 Å². The molecule has 1 aliphatic carbocycles. The van der Waals surface area contributed by atoms with Gasteiger partial charge in [0.15, 0.2) is 0 Å². The summed E-state index contributed by atoms with van der Waals surface area (Å²) >= 11 is 1.70. The average Bonchev–Trinajstić information content (AvgIpc) is 3.03. The van der Waals surface area contributed by atoms with Crippen LogP contribution >= 0.6 is 11.8 Å². The minimum Gasteiger partial charge on any atom is -0.368 e. The molecule has 3 aliphatic rings. The minimum absolute atomic E-state index is 0.0696. The number of nitrogens with zero attached hydrogens (tertiary/aromatic N) is 3. The number of aryl methyl sites for hydroxylation is 1. The van der Waals surface area contributed by atoms with Crippen LogP contribution in [0.1, 0.15) is 58.3 Å². The Bertz CT molecular complexity index is 1550. The molecule has 2 unspecified atom stereocenters. The molecule has 9 heteroatoms. The second-order valence-electron chi connectivity index (χ2n) is 11.8. The molecule has 0 spiro atoms. The van der Waals surface area contributed by atoms with Gasteiger partial charge in [0.2, 0.25) is 0 Å². The fraction of sp³-hybridized carbons (Fsp3) is 0.371. The molecule has 3 aromatic rings. The van der Waals surface area contributed by atoms with E-state index >= 15 is 0 Å². The molecule has 0 radical (unpaired) electrons. The van der Waals surface area contributed by atoms with Crippen molar-refractivity contribution in [3.63, 3.8) is 0 Å². The van der Waals surface area contributed by atoms with Crippen LogP contribution in [-0.4, -0.2) is 59.1 Å². The fourth-order valence-electron chi connectivity index (χ4n) is 6.44. The monoisotopic (exact) mass is 619 g/mol. The third kappa shape index (κ3) is 6.53. The van der Waals surface area contributed by atoms with Gasteiger partial charge in [0.1, 0.15) is 0 Å². The molecular formula is C35H36F3N3O2S. The molecule has 0 bridgehead atoms. The summed E-state index contributed by atoms with van der Waals surface area (Å²) in [5.41, 5.74) is 3.63. The van der Waals surface area contributed by atoms with Gasteiger partial charge >= 0.3 is 6.18 Å². The van der Waals surface area contributed by atoms with Crippen molar-refractivity contribution in [2.45, 2.75) is 56.6 Å². The van der Waals surface area contributed by atoms with Crippen LogP contribution in [0.25, 0.3) is 6.08 Å². The number of hydrogen-bond donors (Lipinski definition) is 0. The van der Waals surface area contributed by atoms with Crippen LogP contribution in [0.4, 0.5) is 18.9 Å². The maximum atomic E-state index is 13.8. The van der Waals surface area contributed by atoms with Crippen LogP contribution in [0.3, 0.4) is 0 Å². The molecule has 1 saturated carbocycles. The molecule has 3 aromatic carbocycles. The lowest BCUT2D eigenvalue weighted by Crippen LogP contribution is -2.50. The zero-order valence-electron chi connectivity index (χ0n) is 24.7. The zero-order valence-corrected chi connectivity index (χ0v) is 25.5. The van der Waals surface area contributed by atoms with Gasteiger partial charge in [-0.05, 0) is 72.9 Å². The van der Waals surface area contributed by atoms with E-state index in [-0.39, 0.29) is 17.9 Å². The van der Waals surface area contributed by atoms with E-state index in [1.807, 2.05) is 35.2 Å². The Kier molecular flexibility index (Phi) is 8.76. The predicted molar refractivity (Wildman–Crippen MR) is 169 cm³/mol. The Balaban J connectivity index is 1.12. The first-order valence-corrected chi connectivity index (χ1v) is 16.1.